The van der Waals surface area contributed by atoms with Gasteiger partial charge in [0.15, 0.2) is 0 Å². The van der Waals surface area contributed by atoms with Crippen molar-refractivity contribution in [2.75, 3.05) is 13.1 Å². The summed E-state index contributed by atoms with van der Waals surface area (Å²) in [5.74, 6) is 0.716. The second kappa shape index (κ2) is 6.13. The van der Waals surface area contributed by atoms with Crippen molar-refractivity contribution in [1.29, 1.82) is 0 Å². The molecule has 0 aromatic carbocycles. The zero-order valence-corrected chi connectivity index (χ0v) is 11.9. The van der Waals surface area contributed by atoms with Crippen molar-refractivity contribution in [3.63, 3.8) is 0 Å². The summed E-state index contributed by atoms with van der Waals surface area (Å²) < 4.78 is 1.93. The Morgan fingerprint density at radius 3 is 2.80 bits per heavy atom. The highest BCUT2D eigenvalue weighted by Crippen LogP contribution is 2.24. The van der Waals surface area contributed by atoms with E-state index in [2.05, 4.69) is 33.5 Å². The summed E-state index contributed by atoms with van der Waals surface area (Å²) in [5, 5.41) is 7.75. The number of hydrogen-bond donors (Lipinski definition) is 1. The van der Waals surface area contributed by atoms with Crippen LogP contribution in [-0.4, -0.2) is 32.8 Å². The lowest BCUT2D eigenvalue weighted by molar-refractivity contribution is 0.370. The normalized spacial score (nSPS) is 16.4. The van der Waals surface area contributed by atoms with Gasteiger partial charge in [0.1, 0.15) is 0 Å². The summed E-state index contributed by atoms with van der Waals surface area (Å²) >= 11 is 0. The molecular weight excluding hydrogens is 250 g/mol. The molecule has 0 atom stereocenters. The van der Waals surface area contributed by atoms with E-state index in [1.165, 1.54) is 12.8 Å². The largest absolute Gasteiger partial charge is 0.317 e. The van der Waals surface area contributed by atoms with Crippen LogP contribution >= 0.6 is 0 Å². The molecule has 0 amide bonds. The average Bonchev–Trinajstić information content (AvgIpc) is 2.98. The minimum absolute atomic E-state index is 0.716. The van der Waals surface area contributed by atoms with E-state index >= 15 is 0 Å². The smallest absolute Gasteiger partial charge is 0.0948 e. The molecular formula is C15H21N5. The van der Waals surface area contributed by atoms with E-state index < -0.39 is 0 Å². The van der Waals surface area contributed by atoms with Crippen LogP contribution in [0.3, 0.4) is 0 Å². The minimum atomic E-state index is 0.716. The molecule has 3 heterocycles. The van der Waals surface area contributed by atoms with Crippen molar-refractivity contribution in [2.24, 2.45) is 5.92 Å². The quantitative estimate of drug-likeness (QED) is 0.923. The van der Waals surface area contributed by atoms with E-state index in [0.717, 1.165) is 43.0 Å². The van der Waals surface area contributed by atoms with Gasteiger partial charge in [-0.05, 0) is 45.2 Å². The highest BCUT2D eigenvalue weighted by atomic mass is 15.3. The molecule has 0 aliphatic carbocycles. The van der Waals surface area contributed by atoms with E-state index in [1.807, 2.05) is 10.9 Å². The molecule has 1 fully saturated rings. The molecule has 1 aliphatic rings. The Balaban J connectivity index is 1.83. The fraction of sp³-hybridized carbons (Fsp3) is 0.533. The van der Waals surface area contributed by atoms with Gasteiger partial charge in [0.05, 0.1) is 17.6 Å². The zero-order valence-electron chi connectivity index (χ0n) is 11.9. The molecule has 0 radical (unpaired) electrons. The van der Waals surface area contributed by atoms with Crippen LogP contribution in [0.15, 0.2) is 24.8 Å². The molecule has 0 unspecified atom stereocenters. The third-order valence-corrected chi connectivity index (χ3v) is 3.95. The fourth-order valence-corrected chi connectivity index (χ4v) is 2.78. The first kappa shape index (κ1) is 13.2. The number of hydrogen-bond acceptors (Lipinski definition) is 4. The van der Waals surface area contributed by atoms with Crippen LogP contribution in [0.5, 0.6) is 0 Å². The van der Waals surface area contributed by atoms with Gasteiger partial charge >= 0.3 is 0 Å². The van der Waals surface area contributed by atoms with Crippen molar-refractivity contribution >= 4 is 0 Å². The zero-order chi connectivity index (χ0) is 13.8. The van der Waals surface area contributed by atoms with Crippen molar-refractivity contribution in [1.82, 2.24) is 25.1 Å². The van der Waals surface area contributed by atoms with Crippen LogP contribution in [0.4, 0.5) is 0 Å². The summed E-state index contributed by atoms with van der Waals surface area (Å²) in [6, 6.07) is 0. The van der Waals surface area contributed by atoms with E-state index in [-0.39, 0.29) is 0 Å². The molecule has 2 aromatic heterocycles. The van der Waals surface area contributed by atoms with Crippen molar-refractivity contribution in [3.8, 4) is 11.3 Å². The van der Waals surface area contributed by atoms with E-state index in [4.69, 9.17) is 0 Å². The third kappa shape index (κ3) is 2.88. The summed E-state index contributed by atoms with van der Waals surface area (Å²) in [4.78, 5) is 9.09. The van der Waals surface area contributed by atoms with Crippen LogP contribution in [0, 0.1) is 5.92 Å². The summed E-state index contributed by atoms with van der Waals surface area (Å²) in [5.41, 5.74) is 3.17. The van der Waals surface area contributed by atoms with E-state index in [0.29, 0.717) is 5.92 Å². The molecule has 0 saturated carbocycles. The standard InChI is InChI=1S/C15H21N5/c1-2-20-11-13(10-19-20)15-14(17-7-8-18-15)9-12-3-5-16-6-4-12/h7-8,10-12,16H,2-6,9H2,1H3. The van der Waals surface area contributed by atoms with Crippen LogP contribution in [0.25, 0.3) is 11.3 Å². The number of piperidine rings is 1. The van der Waals surface area contributed by atoms with Crippen LogP contribution < -0.4 is 5.32 Å². The van der Waals surface area contributed by atoms with Gasteiger partial charge in [-0.25, -0.2) is 0 Å². The number of aromatic nitrogens is 4. The van der Waals surface area contributed by atoms with Gasteiger partial charge in [0.25, 0.3) is 0 Å². The van der Waals surface area contributed by atoms with Gasteiger partial charge in [0, 0.05) is 30.7 Å². The predicted molar refractivity (Wildman–Crippen MR) is 78.2 cm³/mol. The lowest BCUT2D eigenvalue weighted by Gasteiger charge is -2.22. The van der Waals surface area contributed by atoms with Crippen molar-refractivity contribution in [2.45, 2.75) is 32.7 Å². The van der Waals surface area contributed by atoms with Crippen LogP contribution in [-0.2, 0) is 13.0 Å². The van der Waals surface area contributed by atoms with Crippen LogP contribution in [0.1, 0.15) is 25.5 Å². The maximum atomic E-state index is 4.56. The number of aryl methyl sites for hydroxylation is 1. The minimum Gasteiger partial charge on any atom is -0.317 e. The lowest BCUT2D eigenvalue weighted by Crippen LogP contribution is -2.29. The monoisotopic (exact) mass is 271 g/mol. The third-order valence-electron chi connectivity index (χ3n) is 3.95. The second-order valence-corrected chi connectivity index (χ2v) is 5.33. The SMILES string of the molecule is CCn1cc(-c2nccnc2CC2CCNCC2)cn1. The topological polar surface area (TPSA) is 55.6 Å². The molecule has 5 heteroatoms. The summed E-state index contributed by atoms with van der Waals surface area (Å²) in [7, 11) is 0. The molecule has 2 aromatic rings. The highest BCUT2D eigenvalue weighted by Gasteiger charge is 2.17. The molecule has 0 bridgehead atoms. The van der Waals surface area contributed by atoms with Crippen LogP contribution in [0.2, 0.25) is 0 Å². The Morgan fingerprint density at radius 1 is 1.25 bits per heavy atom. The Hall–Kier alpha value is -1.75. The van der Waals surface area contributed by atoms with Crippen molar-refractivity contribution < 1.29 is 0 Å². The Labute approximate surface area is 119 Å². The molecule has 5 nitrogen and oxygen atoms in total. The van der Waals surface area contributed by atoms with Crippen molar-refractivity contribution in [3.05, 3.63) is 30.5 Å². The first-order chi connectivity index (χ1) is 9.86. The molecule has 106 valence electrons. The molecule has 0 spiro atoms. The number of nitrogens with one attached hydrogen (secondary N) is 1. The number of rotatable bonds is 4. The van der Waals surface area contributed by atoms with Gasteiger partial charge in [-0.3, -0.25) is 14.6 Å². The van der Waals surface area contributed by atoms with Gasteiger partial charge < -0.3 is 5.32 Å². The molecule has 3 rings (SSSR count). The summed E-state index contributed by atoms with van der Waals surface area (Å²) in [6.07, 6.45) is 11.0. The Kier molecular flexibility index (Phi) is 4.06. The summed E-state index contributed by atoms with van der Waals surface area (Å²) in [6.45, 7) is 5.20. The first-order valence-corrected chi connectivity index (χ1v) is 7.40. The Morgan fingerprint density at radius 2 is 2.05 bits per heavy atom. The average molecular weight is 271 g/mol. The van der Waals surface area contributed by atoms with Gasteiger partial charge in [-0.1, -0.05) is 0 Å². The van der Waals surface area contributed by atoms with Gasteiger partial charge in [-0.2, -0.15) is 5.10 Å². The molecule has 1 N–H and O–H groups in total. The predicted octanol–water partition coefficient (Wildman–Crippen LogP) is 1.90. The van der Waals surface area contributed by atoms with E-state index in [1.54, 1.807) is 12.4 Å². The van der Waals surface area contributed by atoms with Gasteiger partial charge in [-0.15, -0.1) is 0 Å². The number of nitrogens with zero attached hydrogens (tertiary/aromatic N) is 4. The maximum absolute atomic E-state index is 4.56. The molecule has 20 heavy (non-hydrogen) atoms. The highest BCUT2D eigenvalue weighted by molar-refractivity contribution is 5.59. The van der Waals surface area contributed by atoms with E-state index in [9.17, 15) is 0 Å². The molecule has 1 saturated heterocycles. The lowest BCUT2D eigenvalue weighted by atomic mass is 9.92. The fourth-order valence-electron chi connectivity index (χ4n) is 2.78. The molecule has 1 aliphatic heterocycles. The second-order valence-electron chi connectivity index (χ2n) is 5.33. The Bertz CT molecular complexity index is 557. The first-order valence-electron chi connectivity index (χ1n) is 7.40. The van der Waals surface area contributed by atoms with Gasteiger partial charge in [0.2, 0.25) is 0 Å². The maximum Gasteiger partial charge on any atom is 0.0948 e.